The summed E-state index contributed by atoms with van der Waals surface area (Å²) in [5, 5.41) is 0. The number of nitrogen functional groups attached to an aromatic ring is 1. The summed E-state index contributed by atoms with van der Waals surface area (Å²) in [6.45, 7) is 4.70. The molecule has 0 atom stereocenters. The SMILES string of the molecule is CCCOc1nc(NN)nc(N(CC2CC2)CC2CC2)n1. The van der Waals surface area contributed by atoms with Crippen molar-refractivity contribution in [2.45, 2.75) is 39.0 Å². The molecule has 21 heavy (non-hydrogen) atoms. The molecule has 0 amide bonds. The highest BCUT2D eigenvalue weighted by Gasteiger charge is 2.31. The number of rotatable bonds is 9. The molecule has 7 nitrogen and oxygen atoms in total. The third kappa shape index (κ3) is 4.17. The van der Waals surface area contributed by atoms with Crippen molar-refractivity contribution in [3.05, 3.63) is 0 Å². The van der Waals surface area contributed by atoms with Crippen LogP contribution in [0.5, 0.6) is 6.01 Å². The Morgan fingerprint density at radius 1 is 1.14 bits per heavy atom. The van der Waals surface area contributed by atoms with E-state index in [2.05, 4.69) is 32.2 Å². The standard InChI is InChI=1S/C14H24N6O/c1-2-7-21-14-17-12(19-15)16-13(18-14)20(8-10-3-4-10)9-11-5-6-11/h10-11H,2-9,15H2,1H3,(H,16,17,18,19). The van der Waals surface area contributed by atoms with Crippen molar-refractivity contribution in [1.82, 2.24) is 15.0 Å². The van der Waals surface area contributed by atoms with E-state index >= 15 is 0 Å². The second-order valence-electron chi connectivity index (χ2n) is 6.03. The van der Waals surface area contributed by atoms with Crippen LogP contribution >= 0.6 is 0 Å². The molecule has 3 rings (SSSR count). The van der Waals surface area contributed by atoms with Gasteiger partial charge in [0.15, 0.2) is 0 Å². The molecule has 0 bridgehead atoms. The number of hydrogen-bond donors (Lipinski definition) is 2. The molecule has 0 aliphatic heterocycles. The predicted octanol–water partition coefficient (Wildman–Crippen LogP) is 1.57. The second kappa shape index (κ2) is 6.43. The lowest BCUT2D eigenvalue weighted by atomic mass is 10.3. The first-order valence-electron chi connectivity index (χ1n) is 7.89. The summed E-state index contributed by atoms with van der Waals surface area (Å²) in [6.07, 6.45) is 6.17. The minimum Gasteiger partial charge on any atom is -0.463 e. The Labute approximate surface area is 125 Å². The molecule has 2 saturated carbocycles. The average molecular weight is 292 g/mol. The monoisotopic (exact) mass is 292 g/mol. The van der Waals surface area contributed by atoms with Crippen molar-refractivity contribution < 1.29 is 4.74 Å². The van der Waals surface area contributed by atoms with Gasteiger partial charge in [0.25, 0.3) is 0 Å². The molecule has 116 valence electrons. The first-order valence-corrected chi connectivity index (χ1v) is 7.89. The summed E-state index contributed by atoms with van der Waals surface area (Å²) in [7, 11) is 0. The third-order valence-corrected chi connectivity index (χ3v) is 3.80. The number of nitrogens with two attached hydrogens (primary N) is 1. The molecular formula is C14H24N6O. The van der Waals surface area contributed by atoms with E-state index in [0.29, 0.717) is 24.5 Å². The number of aromatic nitrogens is 3. The van der Waals surface area contributed by atoms with Crippen molar-refractivity contribution in [3.8, 4) is 6.01 Å². The number of hydrazine groups is 1. The van der Waals surface area contributed by atoms with Crippen LogP contribution in [0.2, 0.25) is 0 Å². The van der Waals surface area contributed by atoms with Gasteiger partial charge in [-0.2, -0.15) is 15.0 Å². The molecule has 2 aliphatic rings. The lowest BCUT2D eigenvalue weighted by Crippen LogP contribution is -2.30. The third-order valence-electron chi connectivity index (χ3n) is 3.80. The summed E-state index contributed by atoms with van der Waals surface area (Å²) >= 11 is 0. The van der Waals surface area contributed by atoms with E-state index in [1.54, 1.807) is 0 Å². The van der Waals surface area contributed by atoms with E-state index in [9.17, 15) is 0 Å². The van der Waals surface area contributed by atoms with Crippen molar-refractivity contribution in [1.29, 1.82) is 0 Å². The first-order chi connectivity index (χ1) is 10.3. The lowest BCUT2D eigenvalue weighted by Gasteiger charge is -2.23. The smallest absolute Gasteiger partial charge is 0.323 e. The van der Waals surface area contributed by atoms with E-state index in [1.165, 1.54) is 25.7 Å². The van der Waals surface area contributed by atoms with Gasteiger partial charge < -0.3 is 9.64 Å². The van der Waals surface area contributed by atoms with Gasteiger partial charge in [0.1, 0.15) is 0 Å². The van der Waals surface area contributed by atoms with E-state index in [-0.39, 0.29) is 0 Å². The summed E-state index contributed by atoms with van der Waals surface area (Å²) in [4.78, 5) is 15.3. The van der Waals surface area contributed by atoms with Gasteiger partial charge in [-0.15, -0.1) is 0 Å². The average Bonchev–Trinajstić information content (AvgIpc) is 3.39. The Bertz CT molecular complexity index is 461. The van der Waals surface area contributed by atoms with E-state index < -0.39 is 0 Å². The maximum absolute atomic E-state index is 5.55. The maximum atomic E-state index is 5.55. The normalized spacial score (nSPS) is 17.6. The Morgan fingerprint density at radius 2 is 1.81 bits per heavy atom. The summed E-state index contributed by atoms with van der Waals surface area (Å²) in [6, 6.07) is 0.353. The van der Waals surface area contributed by atoms with Gasteiger partial charge in [-0.3, -0.25) is 5.43 Å². The Balaban J connectivity index is 1.77. The van der Waals surface area contributed by atoms with Crippen molar-refractivity contribution >= 4 is 11.9 Å². The number of ether oxygens (including phenoxy) is 1. The van der Waals surface area contributed by atoms with Crippen molar-refractivity contribution in [2.24, 2.45) is 17.7 Å². The molecule has 7 heteroatoms. The summed E-state index contributed by atoms with van der Waals surface area (Å²) < 4.78 is 5.55. The van der Waals surface area contributed by atoms with Crippen LogP contribution in [0.4, 0.5) is 11.9 Å². The van der Waals surface area contributed by atoms with Gasteiger partial charge in [0.05, 0.1) is 6.61 Å². The second-order valence-corrected chi connectivity index (χ2v) is 6.03. The molecule has 1 aromatic heterocycles. The summed E-state index contributed by atoms with van der Waals surface area (Å²) in [5.41, 5.74) is 2.51. The van der Waals surface area contributed by atoms with Gasteiger partial charge in [-0.25, -0.2) is 5.84 Å². The van der Waals surface area contributed by atoms with Crippen LogP contribution in [-0.4, -0.2) is 34.6 Å². The molecule has 2 aliphatic carbocycles. The van der Waals surface area contributed by atoms with Gasteiger partial charge in [0.2, 0.25) is 11.9 Å². The molecule has 1 aromatic rings. The van der Waals surface area contributed by atoms with E-state index in [0.717, 1.165) is 31.3 Å². The zero-order valence-corrected chi connectivity index (χ0v) is 12.6. The topological polar surface area (TPSA) is 89.2 Å². The van der Waals surface area contributed by atoms with Crippen LogP contribution in [0.15, 0.2) is 0 Å². The quantitative estimate of drug-likeness (QED) is 0.527. The highest BCUT2D eigenvalue weighted by Crippen LogP contribution is 2.35. The van der Waals surface area contributed by atoms with Gasteiger partial charge in [-0.1, -0.05) is 6.92 Å². The molecular weight excluding hydrogens is 268 g/mol. The van der Waals surface area contributed by atoms with Gasteiger partial charge in [0, 0.05) is 13.1 Å². The first kappa shape index (κ1) is 14.3. The van der Waals surface area contributed by atoms with E-state index in [4.69, 9.17) is 10.6 Å². The molecule has 0 aromatic carbocycles. The Hall–Kier alpha value is -1.63. The fourth-order valence-corrected chi connectivity index (χ4v) is 2.27. The largest absolute Gasteiger partial charge is 0.463 e. The summed E-state index contributed by atoms with van der Waals surface area (Å²) in [5.74, 6) is 8.09. The molecule has 2 fully saturated rings. The fraction of sp³-hybridized carbons (Fsp3) is 0.786. The van der Waals surface area contributed by atoms with Gasteiger partial charge >= 0.3 is 6.01 Å². The molecule has 3 N–H and O–H groups in total. The predicted molar refractivity (Wildman–Crippen MR) is 81.1 cm³/mol. The Morgan fingerprint density at radius 3 is 2.33 bits per heavy atom. The van der Waals surface area contributed by atoms with Crippen LogP contribution in [-0.2, 0) is 0 Å². The van der Waals surface area contributed by atoms with E-state index in [1.807, 2.05) is 0 Å². The van der Waals surface area contributed by atoms with Gasteiger partial charge in [-0.05, 0) is 43.9 Å². The number of hydrogen-bond acceptors (Lipinski definition) is 7. The molecule has 0 unspecified atom stereocenters. The van der Waals surface area contributed by atoms with Crippen molar-refractivity contribution in [3.63, 3.8) is 0 Å². The lowest BCUT2D eigenvalue weighted by molar-refractivity contribution is 0.291. The van der Waals surface area contributed by atoms with Crippen LogP contribution in [0, 0.1) is 11.8 Å². The van der Waals surface area contributed by atoms with Crippen LogP contribution in [0.3, 0.4) is 0 Å². The number of anilines is 2. The molecule has 1 heterocycles. The molecule has 0 radical (unpaired) electrons. The van der Waals surface area contributed by atoms with Crippen LogP contribution < -0.4 is 20.9 Å². The minimum atomic E-state index is 0.353. The zero-order chi connectivity index (χ0) is 14.7. The fourth-order valence-electron chi connectivity index (χ4n) is 2.27. The molecule has 0 saturated heterocycles. The highest BCUT2D eigenvalue weighted by molar-refractivity contribution is 5.38. The maximum Gasteiger partial charge on any atom is 0.323 e. The van der Waals surface area contributed by atoms with Crippen LogP contribution in [0.25, 0.3) is 0 Å². The number of nitrogens with one attached hydrogen (secondary N) is 1. The van der Waals surface area contributed by atoms with Crippen LogP contribution in [0.1, 0.15) is 39.0 Å². The van der Waals surface area contributed by atoms with Crippen molar-refractivity contribution in [2.75, 3.05) is 30.0 Å². The number of nitrogens with zero attached hydrogens (tertiary/aromatic N) is 4. The Kier molecular flexibility index (Phi) is 4.38. The highest BCUT2D eigenvalue weighted by atomic mass is 16.5. The minimum absolute atomic E-state index is 0.353. The molecule has 0 spiro atoms. The zero-order valence-electron chi connectivity index (χ0n) is 12.6.